The first-order chi connectivity index (χ1) is 10.2. The molecule has 4 nitrogen and oxygen atoms in total. The molecule has 2 aromatic carbocycles. The van der Waals surface area contributed by atoms with E-state index in [2.05, 4.69) is 10.6 Å². The predicted molar refractivity (Wildman–Crippen MR) is 87.3 cm³/mol. The Morgan fingerprint density at radius 1 is 1.05 bits per heavy atom. The number of hydrogen-bond acceptors (Lipinski definition) is 3. The van der Waals surface area contributed by atoms with Gasteiger partial charge in [0.25, 0.3) is 5.91 Å². The molecule has 3 rings (SSSR count). The molecule has 0 aliphatic carbocycles. The fourth-order valence-electron chi connectivity index (χ4n) is 2.68. The Kier molecular flexibility index (Phi) is 3.52. The van der Waals surface area contributed by atoms with Gasteiger partial charge in [-0.25, -0.2) is 0 Å². The van der Waals surface area contributed by atoms with E-state index >= 15 is 0 Å². The third-order valence-electron chi connectivity index (χ3n) is 3.82. The Balaban J connectivity index is 1.98. The zero-order chi connectivity index (χ0) is 14.8. The van der Waals surface area contributed by atoms with Gasteiger partial charge in [-0.1, -0.05) is 24.3 Å². The molecule has 0 radical (unpaired) electrons. The highest BCUT2D eigenvalue weighted by Crippen LogP contribution is 2.30. The van der Waals surface area contributed by atoms with Gasteiger partial charge >= 0.3 is 0 Å². The van der Waals surface area contributed by atoms with Crippen LogP contribution in [0.25, 0.3) is 0 Å². The summed E-state index contributed by atoms with van der Waals surface area (Å²) in [6.07, 6.45) is 0. The fraction of sp³-hybridized carbons (Fsp3) is 0.235. The summed E-state index contributed by atoms with van der Waals surface area (Å²) in [7, 11) is 1.82. The van der Waals surface area contributed by atoms with Crippen LogP contribution in [-0.4, -0.2) is 26.0 Å². The Morgan fingerprint density at radius 2 is 1.81 bits per heavy atom. The average molecular weight is 281 g/mol. The number of carbonyl (C=O) groups excluding carboxylic acids is 1. The van der Waals surface area contributed by atoms with E-state index in [1.165, 1.54) is 0 Å². The van der Waals surface area contributed by atoms with Gasteiger partial charge in [-0.05, 0) is 30.7 Å². The zero-order valence-corrected chi connectivity index (χ0v) is 12.3. The average Bonchev–Trinajstić information content (AvgIpc) is 2.53. The van der Waals surface area contributed by atoms with Crippen LogP contribution in [0.3, 0.4) is 0 Å². The lowest BCUT2D eigenvalue weighted by Gasteiger charge is -2.25. The molecular formula is C17H19N3O. The molecule has 2 N–H and O–H groups in total. The third-order valence-corrected chi connectivity index (χ3v) is 3.82. The van der Waals surface area contributed by atoms with Gasteiger partial charge in [0.15, 0.2) is 0 Å². The maximum atomic E-state index is 12.8. The first-order valence-corrected chi connectivity index (χ1v) is 7.13. The van der Waals surface area contributed by atoms with Crippen molar-refractivity contribution in [3.63, 3.8) is 0 Å². The predicted octanol–water partition coefficient (Wildman–Crippen LogP) is 3.11. The highest BCUT2D eigenvalue weighted by Gasteiger charge is 2.21. The summed E-state index contributed by atoms with van der Waals surface area (Å²) in [4.78, 5) is 14.5. The van der Waals surface area contributed by atoms with Crippen LogP contribution in [0.2, 0.25) is 0 Å². The van der Waals surface area contributed by atoms with Crippen LogP contribution in [0.15, 0.2) is 42.5 Å². The standard InChI is InChI=1S/C17H19N3O/c1-12-6-3-4-9-15(12)20(2)17(21)13-7-5-8-14-16(13)19-11-10-18-14/h3-9,18-19H,10-11H2,1-2H3. The van der Waals surface area contributed by atoms with Crippen molar-refractivity contribution in [2.75, 3.05) is 35.7 Å². The molecule has 0 unspecified atom stereocenters. The second-order valence-electron chi connectivity index (χ2n) is 5.23. The summed E-state index contributed by atoms with van der Waals surface area (Å²) >= 11 is 0. The lowest BCUT2D eigenvalue weighted by atomic mass is 10.1. The second-order valence-corrected chi connectivity index (χ2v) is 5.23. The molecule has 21 heavy (non-hydrogen) atoms. The number of amides is 1. The molecule has 0 aromatic heterocycles. The molecule has 1 aliphatic heterocycles. The molecule has 1 heterocycles. The van der Waals surface area contributed by atoms with Crippen molar-refractivity contribution in [3.05, 3.63) is 53.6 Å². The Bertz CT molecular complexity index is 681. The van der Waals surface area contributed by atoms with Crippen LogP contribution in [0, 0.1) is 6.92 Å². The van der Waals surface area contributed by atoms with E-state index in [1.807, 2.05) is 56.4 Å². The van der Waals surface area contributed by atoms with Gasteiger partial charge in [-0.15, -0.1) is 0 Å². The normalized spacial score (nSPS) is 12.9. The van der Waals surface area contributed by atoms with Crippen molar-refractivity contribution < 1.29 is 4.79 Å². The molecule has 0 bridgehead atoms. The highest BCUT2D eigenvalue weighted by molar-refractivity contribution is 6.11. The van der Waals surface area contributed by atoms with E-state index < -0.39 is 0 Å². The van der Waals surface area contributed by atoms with Crippen molar-refractivity contribution in [2.45, 2.75) is 6.92 Å². The minimum absolute atomic E-state index is 0.00245. The molecule has 1 amide bonds. The molecule has 4 heteroatoms. The van der Waals surface area contributed by atoms with E-state index in [0.717, 1.165) is 35.7 Å². The molecule has 0 fully saturated rings. The number of anilines is 3. The molecule has 108 valence electrons. The number of hydrogen-bond donors (Lipinski definition) is 2. The van der Waals surface area contributed by atoms with Crippen molar-refractivity contribution in [1.29, 1.82) is 0 Å². The van der Waals surface area contributed by atoms with Crippen LogP contribution < -0.4 is 15.5 Å². The van der Waals surface area contributed by atoms with Crippen molar-refractivity contribution in [3.8, 4) is 0 Å². The van der Waals surface area contributed by atoms with E-state index in [1.54, 1.807) is 4.90 Å². The van der Waals surface area contributed by atoms with Crippen LogP contribution in [0.1, 0.15) is 15.9 Å². The minimum atomic E-state index is -0.00245. The first kappa shape index (κ1) is 13.5. The lowest BCUT2D eigenvalue weighted by Crippen LogP contribution is -2.29. The second kappa shape index (κ2) is 5.48. The summed E-state index contributed by atoms with van der Waals surface area (Å²) in [6, 6.07) is 13.7. The van der Waals surface area contributed by atoms with Gasteiger partial charge in [-0.3, -0.25) is 4.79 Å². The summed E-state index contributed by atoms with van der Waals surface area (Å²) in [5, 5.41) is 6.64. The number of benzene rings is 2. The molecular weight excluding hydrogens is 262 g/mol. The number of fused-ring (bicyclic) bond motifs is 1. The van der Waals surface area contributed by atoms with Gasteiger partial charge in [-0.2, -0.15) is 0 Å². The Morgan fingerprint density at radius 3 is 2.62 bits per heavy atom. The van der Waals surface area contributed by atoms with Gasteiger partial charge in [0.2, 0.25) is 0 Å². The molecule has 0 saturated heterocycles. The lowest BCUT2D eigenvalue weighted by molar-refractivity contribution is 0.0993. The minimum Gasteiger partial charge on any atom is -0.382 e. The van der Waals surface area contributed by atoms with E-state index in [0.29, 0.717) is 5.56 Å². The van der Waals surface area contributed by atoms with Crippen molar-refractivity contribution in [1.82, 2.24) is 0 Å². The third kappa shape index (κ3) is 2.44. The number of nitrogens with one attached hydrogen (secondary N) is 2. The summed E-state index contributed by atoms with van der Waals surface area (Å²) in [6.45, 7) is 3.71. The van der Waals surface area contributed by atoms with Crippen LogP contribution >= 0.6 is 0 Å². The molecule has 0 atom stereocenters. The van der Waals surface area contributed by atoms with Crippen molar-refractivity contribution in [2.24, 2.45) is 0 Å². The Labute approximate surface area is 124 Å². The number of rotatable bonds is 2. The summed E-state index contributed by atoms with van der Waals surface area (Å²) in [5.41, 5.74) is 4.61. The zero-order valence-electron chi connectivity index (χ0n) is 12.3. The fourth-order valence-corrected chi connectivity index (χ4v) is 2.68. The van der Waals surface area contributed by atoms with Crippen molar-refractivity contribution >= 4 is 23.0 Å². The SMILES string of the molecule is Cc1ccccc1N(C)C(=O)c1cccc2c1NCCN2. The smallest absolute Gasteiger partial charge is 0.260 e. The Hall–Kier alpha value is -2.49. The van der Waals surface area contributed by atoms with E-state index in [4.69, 9.17) is 0 Å². The highest BCUT2D eigenvalue weighted by atomic mass is 16.2. The van der Waals surface area contributed by atoms with Gasteiger partial charge in [0.1, 0.15) is 0 Å². The summed E-state index contributed by atoms with van der Waals surface area (Å²) in [5.74, 6) is -0.00245. The number of nitrogens with zero attached hydrogens (tertiary/aromatic N) is 1. The number of aryl methyl sites for hydroxylation is 1. The van der Waals surface area contributed by atoms with Crippen LogP contribution in [-0.2, 0) is 0 Å². The summed E-state index contributed by atoms with van der Waals surface area (Å²) < 4.78 is 0. The maximum Gasteiger partial charge on any atom is 0.260 e. The van der Waals surface area contributed by atoms with Gasteiger partial charge in [0, 0.05) is 25.8 Å². The number of carbonyl (C=O) groups is 1. The molecule has 0 spiro atoms. The maximum absolute atomic E-state index is 12.8. The first-order valence-electron chi connectivity index (χ1n) is 7.13. The van der Waals surface area contributed by atoms with E-state index in [-0.39, 0.29) is 5.91 Å². The monoisotopic (exact) mass is 281 g/mol. The quantitative estimate of drug-likeness (QED) is 0.889. The van der Waals surface area contributed by atoms with Crippen LogP contribution in [0.5, 0.6) is 0 Å². The molecule has 1 aliphatic rings. The van der Waals surface area contributed by atoms with Crippen LogP contribution in [0.4, 0.5) is 17.1 Å². The number of para-hydroxylation sites is 2. The van der Waals surface area contributed by atoms with E-state index in [9.17, 15) is 4.79 Å². The topological polar surface area (TPSA) is 44.4 Å². The van der Waals surface area contributed by atoms with Gasteiger partial charge < -0.3 is 15.5 Å². The largest absolute Gasteiger partial charge is 0.382 e. The molecule has 0 saturated carbocycles. The molecule has 2 aromatic rings. The van der Waals surface area contributed by atoms with Gasteiger partial charge in [0.05, 0.1) is 16.9 Å².